The molecule has 112 valence electrons. The van der Waals surface area contributed by atoms with Crippen LogP contribution in [0.4, 0.5) is 0 Å². The Hall–Kier alpha value is -1.28. The maximum Gasteiger partial charge on any atom is 0.118 e. The Morgan fingerprint density at radius 3 is 2.81 bits per heavy atom. The predicted octanol–water partition coefficient (Wildman–Crippen LogP) is 3.84. The average molecular weight is 284 g/mol. The number of phenolic OH excluding ortho intramolecular Hbond substituents is 1. The number of aliphatic hydroxyl groups is 1. The van der Waals surface area contributed by atoms with Crippen LogP contribution >= 0.6 is 0 Å². The highest BCUT2D eigenvalue weighted by atomic mass is 16.3. The van der Waals surface area contributed by atoms with Crippen LogP contribution in [0.2, 0.25) is 0 Å². The quantitative estimate of drug-likeness (QED) is 0.711. The Balaban J connectivity index is 1.75. The van der Waals surface area contributed by atoms with E-state index in [0.29, 0.717) is 23.5 Å². The highest BCUT2D eigenvalue weighted by molar-refractivity contribution is 5.45. The molecule has 0 aliphatic heterocycles. The normalized spacial score (nSPS) is 37.8. The second-order valence-electron chi connectivity index (χ2n) is 7.36. The van der Waals surface area contributed by atoms with Gasteiger partial charge in [-0.25, -0.2) is 0 Å². The molecule has 4 atom stereocenters. The molecule has 2 saturated carbocycles. The summed E-state index contributed by atoms with van der Waals surface area (Å²) in [6.45, 7) is 6.12. The molecule has 1 aromatic carbocycles. The van der Waals surface area contributed by atoms with Crippen molar-refractivity contribution in [2.75, 3.05) is 0 Å². The number of hydrogen-bond acceptors (Lipinski definition) is 2. The first-order valence-electron chi connectivity index (χ1n) is 8.23. The topological polar surface area (TPSA) is 40.5 Å². The summed E-state index contributed by atoms with van der Waals surface area (Å²) in [5, 5.41) is 21.0. The second-order valence-corrected chi connectivity index (χ2v) is 7.36. The molecule has 0 heterocycles. The molecule has 0 radical (unpaired) electrons. The molecule has 0 bridgehead atoms. The molecule has 0 aromatic heterocycles. The third-order valence-corrected chi connectivity index (χ3v) is 6.46. The summed E-state index contributed by atoms with van der Waals surface area (Å²) in [6, 6.07) is 4.16. The van der Waals surface area contributed by atoms with Crippen molar-refractivity contribution in [2.24, 2.45) is 11.8 Å². The van der Waals surface area contributed by atoms with Crippen molar-refractivity contribution in [2.45, 2.75) is 57.0 Å². The van der Waals surface area contributed by atoms with Gasteiger partial charge in [-0.05, 0) is 91.5 Å². The van der Waals surface area contributed by atoms with Gasteiger partial charge in [-0.1, -0.05) is 12.6 Å². The van der Waals surface area contributed by atoms with Crippen LogP contribution in [0.25, 0.3) is 0 Å². The van der Waals surface area contributed by atoms with Crippen LogP contribution in [0.1, 0.15) is 54.7 Å². The monoisotopic (exact) mass is 284 g/mol. The lowest BCUT2D eigenvalue weighted by Gasteiger charge is -2.48. The Morgan fingerprint density at radius 1 is 1.19 bits per heavy atom. The molecule has 3 unspecified atom stereocenters. The van der Waals surface area contributed by atoms with Crippen LogP contribution in [-0.4, -0.2) is 15.8 Å². The van der Waals surface area contributed by atoms with Crippen LogP contribution < -0.4 is 0 Å². The maximum absolute atomic E-state index is 11.0. The standard InChI is InChI=1S/C19H24O2/c1-11-9-16-13(10-18(11)20)4-5-15-14(16)7-8-19(21)12(2)3-6-17(15)19/h9-10,14-15,17,20-21H,2-8H2,1H3/t14?,15?,17?,19-/m0/s1. The molecule has 0 saturated heterocycles. The highest BCUT2D eigenvalue weighted by Gasteiger charge is 2.53. The van der Waals surface area contributed by atoms with Gasteiger partial charge in [0.1, 0.15) is 5.75 Å². The van der Waals surface area contributed by atoms with Gasteiger partial charge in [0.25, 0.3) is 0 Å². The first-order chi connectivity index (χ1) is 10.0. The fraction of sp³-hybridized carbons (Fsp3) is 0.579. The van der Waals surface area contributed by atoms with Crippen LogP contribution in [-0.2, 0) is 6.42 Å². The number of benzene rings is 1. The molecule has 2 fully saturated rings. The largest absolute Gasteiger partial charge is 0.508 e. The lowest BCUT2D eigenvalue weighted by molar-refractivity contribution is -0.0389. The van der Waals surface area contributed by atoms with Gasteiger partial charge in [0.15, 0.2) is 0 Å². The van der Waals surface area contributed by atoms with E-state index < -0.39 is 5.60 Å². The van der Waals surface area contributed by atoms with Gasteiger partial charge < -0.3 is 10.2 Å². The SMILES string of the molecule is C=C1CCC2C3CCc4cc(O)c(C)cc4C3CC[C@]12O. The number of hydrogen-bond donors (Lipinski definition) is 2. The van der Waals surface area contributed by atoms with E-state index in [9.17, 15) is 10.2 Å². The first-order valence-corrected chi connectivity index (χ1v) is 8.23. The summed E-state index contributed by atoms with van der Waals surface area (Å²) in [5.74, 6) is 1.96. The Bertz CT molecular complexity index is 618. The molecule has 0 amide bonds. The minimum Gasteiger partial charge on any atom is -0.508 e. The van der Waals surface area contributed by atoms with Crippen molar-refractivity contribution in [3.8, 4) is 5.75 Å². The molecular formula is C19H24O2. The zero-order valence-electron chi connectivity index (χ0n) is 12.7. The van der Waals surface area contributed by atoms with E-state index in [2.05, 4.69) is 12.6 Å². The summed E-state index contributed by atoms with van der Waals surface area (Å²) in [5.41, 5.74) is 4.21. The van der Waals surface area contributed by atoms with Crippen molar-refractivity contribution in [1.29, 1.82) is 0 Å². The number of rotatable bonds is 0. The summed E-state index contributed by atoms with van der Waals surface area (Å²) in [7, 11) is 0. The van der Waals surface area contributed by atoms with Crippen LogP contribution in [0.5, 0.6) is 5.75 Å². The highest BCUT2D eigenvalue weighted by Crippen LogP contribution is 2.58. The lowest BCUT2D eigenvalue weighted by atomic mass is 9.59. The minimum atomic E-state index is -0.593. The van der Waals surface area contributed by atoms with E-state index in [4.69, 9.17) is 0 Å². The molecule has 2 N–H and O–H groups in total. The molecule has 2 heteroatoms. The number of phenols is 1. The molecule has 3 aliphatic carbocycles. The van der Waals surface area contributed by atoms with Crippen LogP contribution in [0.15, 0.2) is 24.3 Å². The van der Waals surface area contributed by atoms with Crippen molar-refractivity contribution in [1.82, 2.24) is 0 Å². The minimum absolute atomic E-state index is 0.394. The number of fused-ring (bicyclic) bond motifs is 5. The fourth-order valence-corrected chi connectivity index (χ4v) is 5.28. The van der Waals surface area contributed by atoms with Gasteiger partial charge in [-0.3, -0.25) is 0 Å². The Kier molecular flexibility index (Phi) is 2.78. The summed E-state index contributed by atoms with van der Waals surface area (Å²) in [6.07, 6.45) is 6.17. The fourth-order valence-electron chi connectivity index (χ4n) is 5.28. The third-order valence-electron chi connectivity index (χ3n) is 6.46. The number of aryl methyl sites for hydroxylation is 2. The molecule has 3 aliphatic rings. The van der Waals surface area contributed by atoms with Gasteiger partial charge in [0.2, 0.25) is 0 Å². The Labute approximate surface area is 126 Å². The van der Waals surface area contributed by atoms with Crippen molar-refractivity contribution in [3.05, 3.63) is 41.0 Å². The summed E-state index contributed by atoms with van der Waals surface area (Å²) in [4.78, 5) is 0. The third kappa shape index (κ3) is 1.75. The summed E-state index contributed by atoms with van der Waals surface area (Å²) < 4.78 is 0. The predicted molar refractivity (Wildman–Crippen MR) is 83.4 cm³/mol. The first kappa shape index (κ1) is 13.4. The van der Waals surface area contributed by atoms with E-state index in [1.54, 1.807) is 0 Å². The maximum atomic E-state index is 11.0. The zero-order chi connectivity index (χ0) is 14.8. The van der Waals surface area contributed by atoms with E-state index in [-0.39, 0.29) is 0 Å². The van der Waals surface area contributed by atoms with Crippen molar-refractivity contribution < 1.29 is 10.2 Å². The van der Waals surface area contributed by atoms with Gasteiger partial charge in [0.05, 0.1) is 5.60 Å². The Morgan fingerprint density at radius 2 is 2.00 bits per heavy atom. The molecule has 21 heavy (non-hydrogen) atoms. The molecular weight excluding hydrogens is 260 g/mol. The van der Waals surface area contributed by atoms with Crippen LogP contribution in [0, 0.1) is 18.8 Å². The van der Waals surface area contributed by atoms with E-state index in [0.717, 1.165) is 49.7 Å². The molecule has 4 rings (SSSR count). The lowest BCUT2D eigenvalue weighted by Crippen LogP contribution is -2.46. The van der Waals surface area contributed by atoms with Crippen LogP contribution in [0.3, 0.4) is 0 Å². The average Bonchev–Trinajstić information content (AvgIpc) is 2.76. The van der Waals surface area contributed by atoms with Gasteiger partial charge in [0, 0.05) is 0 Å². The van der Waals surface area contributed by atoms with Gasteiger partial charge in [-0.15, -0.1) is 0 Å². The molecule has 0 spiro atoms. The van der Waals surface area contributed by atoms with E-state index in [1.165, 1.54) is 11.1 Å². The smallest absolute Gasteiger partial charge is 0.118 e. The molecule has 2 nitrogen and oxygen atoms in total. The van der Waals surface area contributed by atoms with Crippen molar-refractivity contribution in [3.63, 3.8) is 0 Å². The van der Waals surface area contributed by atoms with Gasteiger partial charge in [-0.2, -0.15) is 0 Å². The van der Waals surface area contributed by atoms with Crippen molar-refractivity contribution >= 4 is 0 Å². The number of aromatic hydroxyl groups is 1. The van der Waals surface area contributed by atoms with E-state index in [1.807, 2.05) is 13.0 Å². The summed E-state index contributed by atoms with van der Waals surface area (Å²) >= 11 is 0. The van der Waals surface area contributed by atoms with Gasteiger partial charge >= 0.3 is 0 Å². The van der Waals surface area contributed by atoms with E-state index >= 15 is 0 Å². The zero-order valence-corrected chi connectivity index (χ0v) is 12.7. The molecule has 1 aromatic rings. The second kappa shape index (κ2) is 4.36.